The maximum Gasteiger partial charge on any atom is 0.328 e. The number of rotatable bonds is 2. The average Bonchev–Trinajstić information content (AvgIpc) is 2.57. The van der Waals surface area contributed by atoms with Gasteiger partial charge in [0, 0.05) is 11.5 Å². The third-order valence-corrected chi connectivity index (χ3v) is 3.45. The molecule has 2 amide bonds. The standard InChI is InChI=1S/C11H11BrN2O3/c1-13-9(10(15)16)6-14(11(13)17)8-5-3-2-4-7(8)12/h2-5,9H,6H2,1H3,(H,15,16). The summed E-state index contributed by atoms with van der Waals surface area (Å²) in [4.78, 5) is 25.6. The molecule has 1 fully saturated rings. The molecule has 1 aromatic rings. The van der Waals surface area contributed by atoms with Gasteiger partial charge in [0.15, 0.2) is 0 Å². The van der Waals surface area contributed by atoms with Crippen LogP contribution in [0.2, 0.25) is 0 Å². The Bertz CT molecular complexity index is 478. The quantitative estimate of drug-likeness (QED) is 0.905. The van der Waals surface area contributed by atoms with Crippen LogP contribution in [0, 0.1) is 0 Å². The van der Waals surface area contributed by atoms with Gasteiger partial charge in [-0.25, -0.2) is 9.59 Å². The van der Waals surface area contributed by atoms with E-state index in [9.17, 15) is 9.59 Å². The van der Waals surface area contributed by atoms with Crippen molar-refractivity contribution in [2.75, 3.05) is 18.5 Å². The van der Waals surface area contributed by atoms with Crippen LogP contribution < -0.4 is 4.90 Å². The molecule has 1 atom stereocenters. The molecule has 0 spiro atoms. The molecule has 0 radical (unpaired) electrons. The number of benzene rings is 1. The fraction of sp³-hybridized carbons (Fsp3) is 0.273. The van der Waals surface area contributed by atoms with Crippen LogP contribution in [0.15, 0.2) is 28.7 Å². The number of carboxylic acids is 1. The van der Waals surface area contributed by atoms with Gasteiger partial charge in [-0.3, -0.25) is 4.90 Å². The highest BCUT2D eigenvalue weighted by Crippen LogP contribution is 2.29. The van der Waals surface area contributed by atoms with E-state index in [4.69, 9.17) is 5.11 Å². The molecular weight excluding hydrogens is 288 g/mol. The highest BCUT2D eigenvalue weighted by molar-refractivity contribution is 9.10. The lowest BCUT2D eigenvalue weighted by atomic mass is 10.2. The van der Waals surface area contributed by atoms with Gasteiger partial charge >= 0.3 is 12.0 Å². The van der Waals surface area contributed by atoms with E-state index >= 15 is 0 Å². The van der Waals surface area contributed by atoms with Crippen molar-refractivity contribution >= 4 is 33.6 Å². The number of carboxylic acid groups (broad SMARTS) is 1. The number of likely N-dealkylation sites (N-methyl/N-ethyl adjacent to an activating group) is 1. The molecule has 17 heavy (non-hydrogen) atoms. The van der Waals surface area contributed by atoms with Gasteiger partial charge in [-0.2, -0.15) is 0 Å². The molecule has 0 aliphatic carbocycles. The van der Waals surface area contributed by atoms with E-state index in [-0.39, 0.29) is 12.6 Å². The Kier molecular flexibility index (Phi) is 3.06. The molecule has 1 aromatic carbocycles. The molecule has 2 rings (SSSR count). The molecule has 5 nitrogen and oxygen atoms in total. The molecule has 1 saturated heterocycles. The van der Waals surface area contributed by atoms with Crippen molar-refractivity contribution in [1.82, 2.24) is 4.90 Å². The summed E-state index contributed by atoms with van der Waals surface area (Å²) in [5, 5.41) is 9.00. The average molecular weight is 299 g/mol. The third-order valence-electron chi connectivity index (χ3n) is 2.78. The number of hydrogen-bond donors (Lipinski definition) is 1. The Morgan fingerprint density at radius 1 is 1.47 bits per heavy atom. The third kappa shape index (κ3) is 2.00. The molecule has 0 aromatic heterocycles. The second-order valence-electron chi connectivity index (χ2n) is 3.81. The molecule has 90 valence electrons. The number of halogens is 1. The van der Waals surface area contributed by atoms with Crippen LogP contribution in [-0.2, 0) is 4.79 Å². The van der Waals surface area contributed by atoms with E-state index in [2.05, 4.69) is 15.9 Å². The van der Waals surface area contributed by atoms with Crippen molar-refractivity contribution in [1.29, 1.82) is 0 Å². The van der Waals surface area contributed by atoms with E-state index in [1.54, 1.807) is 6.07 Å². The van der Waals surface area contributed by atoms with Crippen molar-refractivity contribution < 1.29 is 14.7 Å². The molecule has 1 N–H and O–H groups in total. The Hall–Kier alpha value is -1.56. The zero-order valence-electron chi connectivity index (χ0n) is 9.13. The lowest BCUT2D eigenvalue weighted by molar-refractivity contribution is -0.140. The molecule has 1 aliphatic heterocycles. The van der Waals surface area contributed by atoms with E-state index < -0.39 is 12.0 Å². The van der Waals surface area contributed by atoms with Crippen LogP contribution in [0.5, 0.6) is 0 Å². The number of aliphatic carboxylic acids is 1. The molecule has 1 aliphatic rings. The molecule has 1 unspecified atom stereocenters. The van der Waals surface area contributed by atoms with E-state index in [0.29, 0.717) is 5.69 Å². The zero-order valence-corrected chi connectivity index (χ0v) is 10.7. The van der Waals surface area contributed by atoms with Crippen molar-refractivity contribution in [2.45, 2.75) is 6.04 Å². The fourth-order valence-electron chi connectivity index (χ4n) is 1.81. The summed E-state index contributed by atoms with van der Waals surface area (Å²) in [6, 6.07) is 6.14. The second-order valence-corrected chi connectivity index (χ2v) is 4.66. The van der Waals surface area contributed by atoms with Crippen LogP contribution in [0.25, 0.3) is 0 Å². The van der Waals surface area contributed by atoms with Crippen LogP contribution >= 0.6 is 15.9 Å². The summed E-state index contributed by atoms with van der Waals surface area (Å²) < 4.78 is 0.771. The predicted molar refractivity (Wildman–Crippen MR) is 66.1 cm³/mol. The van der Waals surface area contributed by atoms with E-state index in [1.165, 1.54) is 16.8 Å². The van der Waals surface area contributed by atoms with Crippen LogP contribution in [0.4, 0.5) is 10.5 Å². The first-order valence-electron chi connectivity index (χ1n) is 5.04. The van der Waals surface area contributed by atoms with Crippen LogP contribution in [-0.4, -0.2) is 41.6 Å². The number of carbonyl (C=O) groups excluding carboxylic acids is 1. The number of para-hydroxylation sites is 1. The zero-order chi connectivity index (χ0) is 12.6. The number of amides is 2. The molecule has 0 bridgehead atoms. The van der Waals surface area contributed by atoms with E-state index in [0.717, 1.165) is 4.47 Å². The van der Waals surface area contributed by atoms with Crippen molar-refractivity contribution in [2.24, 2.45) is 0 Å². The Balaban J connectivity index is 2.33. The smallest absolute Gasteiger partial charge is 0.328 e. The minimum atomic E-state index is -0.990. The SMILES string of the molecule is CN1C(=O)N(c2ccccc2Br)CC1C(=O)O. The number of carbonyl (C=O) groups is 2. The maximum absolute atomic E-state index is 11.9. The highest BCUT2D eigenvalue weighted by Gasteiger charge is 2.40. The van der Waals surface area contributed by atoms with Crippen molar-refractivity contribution in [3.05, 3.63) is 28.7 Å². The van der Waals surface area contributed by atoms with Gasteiger partial charge in [-0.1, -0.05) is 12.1 Å². The van der Waals surface area contributed by atoms with Gasteiger partial charge in [0.2, 0.25) is 0 Å². The van der Waals surface area contributed by atoms with Gasteiger partial charge < -0.3 is 10.0 Å². The summed E-state index contributed by atoms with van der Waals surface area (Å²) in [5.41, 5.74) is 0.688. The van der Waals surface area contributed by atoms with Gasteiger partial charge in [-0.05, 0) is 28.1 Å². The molecule has 1 heterocycles. The maximum atomic E-state index is 11.9. The minimum Gasteiger partial charge on any atom is -0.480 e. The first kappa shape index (κ1) is 11.9. The summed E-state index contributed by atoms with van der Waals surface area (Å²) in [6.07, 6.45) is 0. The summed E-state index contributed by atoms with van der Waals surface area (Å²) in [6.45, 7) is 0.160. The van der Waals surface area contributed by atoms with Crippen molar-refractivity contribution in [3.8, 4) is 0 Å². The lowest BCUT2D eigenvalue weighted by Crippen LogP contribution is -2.36. The van der Waals surface area contributed by atoms with E-state index in [1.807, 2.05) is 18.2 Å². The number of urea groups is 1. The number of hydrogen-bond acceptors (Lipinski definition) is 2. The molecule has 0 saturated carbocycles. The Morgan fingerprint density at radius 2 is 2.12 bits per heavy atom. The van der Waals surface area contributed by atoms with Gasteiger partial charge in [0.1, 0.15) is 6.04 Å². The lowest BCUT2D eigenvalue weighted by Gasteiger charge is -2.16. The van der Waals surface area contributed by atoms with Crippen LogP contribution in [0.3, 0.4) is 0 Å². The summed E-state index contributed by atoms with van der Waals surface area (Å²) in [5.74, 6) is -0.990. The highest BCUT2D eigenvalue weighted by atomic mass is 79.9. The first-order chi connectivity index (χ1) is 8.02. The largest absolute Gasteiger partial charge is 0.480 e. The fourth-order valence-corrected chi connectivity index (χ4v) is 2.31. The molecular formula is C11H11BrN2O3. The van der Waals surface area contributed by atoms with Crippen LogP contribution in [0.1, 0.15) is 0 Å². The Labute approximate surface area is 107 Å². The number of anilines is 1. The predicted octanol–water partition coefficient (Wildman–Crippen LogP) is 1.77. The molecule has 6 heteroatoms. The summed E-state index contributed by atoms with van der Waals surface area (Å²) >= 11 is 3.35. The first-order valence-corrected chi connectivity index (χ1v) is 5.83. The monoisotopic (exact) mass is 298 g/mol. The van der Waals surface area contributed by atoms with Crippen molar-refractivity contribution in [3.63, 3.8) is 0 Å². The topological polar surface area (TPSA) is 60.9 Å². The number of nitrogens with zero attached hydrogens (tertiary/aromatic N) is 2. The van der Waals surface area contributed by atoms with Gasteiger partial charge in [-0.15, -0.1) is 0 Å². The Morgan fingerprint density at radius 3 is 2.65 bits per heavy atom. The second kappa shape index (κ2) is 4.37. The van der Waals surface area contributed by atoms with Gasteiger partial charge in [0.25, 0.3) is 0 Å². The minimum absolute atomic E-state index is 0.160. The normalized spacial score (nSPS) is 19.9. The summed E-state index contributed by atoms with van der Waals surface area (Å²) in [7, 11) is 1.50. The van der Waals surface area contributed by atoms with Gasteiger partial charge in [0.05, 0.1) is 12.2 Å².